The number of nitro groups is 2. The molecule has 2 rings (SSSR count). The second kappa shape index (κ2) is 5.36. The van der Waals surface area contributed by atoms with Crippen LogP contribution in [0.15, 0.2) is 34.7 Å². The molecule has 1 amide bonds. The number of non-ortho nitro benzene ring substituents is 1. The Morgan fingerprint density at radius 2 is 1.86 bits per heavy atom. The van der Waals surface area contributed by atoms with Crippen molar-refractivity contribution in [1.82, 2.24) is 0 Å². The van der Waals surface area contributed by atoms with Gasteiger partial charge in [0.05, 0.1) is 16.7 Å². The molecule has 1 aromatic heterocycles. The molecule has 10 heteroatoms. The summed E-state index contributed by atoms with van der Waals surface area (Å²) in [6.07, 6.45) is 0. The van der Waals surface area contributed by atoms with Gasteiger partial charge in [0, 0.05) is 12.1 Å². The van der Waals surface area contributed by atoms with Gasteiger partial charge in [0.1, 0.15) is 10.7 Å². The van der Waals surface area contributed by atoms with Gasteiger partial charge in [0.15, 0.2) is 5.76 Å². The maximum absolute atomic E-state index is 13.5. The van der Waals surface area contributed by atoms with Crippen molar-refractivity contribution in [3.8, 4) is 0 Å². The Morgan fingerprint density at radius 3 is 2.43 bits per heavy atom. The van der Waals surface area contributed by atoms with Crippen LogP contribution in [-0.4, -0.2) is 15.8 Å². The van der Waals surface area contributed by atoms with Crippen molar-refractivity contribution in [1.29, 1.82) is 0 Å². The molecule has 0 fully saturated rings. The van der Waals surface area contributed by atoms with Crippen LogP contribution in [0.4, 0.5) is 21.6 Å². The number of anilines is 1. The highest BCUT2D eigenvalue weighted by Gasteiger charge is 2.19. The van der Waals surface area contributed by atoms with Gasteiger partial charge in [-0.15, -0.1) is 0 Å². The van der Waals surface area contributed by atoms with E-state index in [2.05, 4.69) is 4.42 Å². The molecule has 0 saturated heterocycles. The number of amides is 1. The topological polar surface area (TPSA) is 129 Å². The minimum absolute atomic E-state index is 0.419. The van der Waals surface area contributed by atoms with Gasteiger partial charge < -0.3 is 9.73 Å². The number of hydrogen-bond acceptors (Lipinski definition) is 6. The number of rotatable bonds is 4. The monoisotopic (exact) mass is 295 g/mol. The van der Waals surface area contributed by atoms with Crippen LogP contribution in [0.5, 0.6) is 0 Å². The van der Waals surface area contributed by atoms with Gasteiger partial charge in [-0.25, -0.2) is 4.39 Å². The second-order valence-electron chi connectivity index (χ2n) is 3.77. The molecule has 0 saturated carbocycles. The van der Waals surface area contributed by atoms with E-state index in [1.807, 2.05) is 5.32 Å². The van der Waals surface area contributed by atoms with Crippen LogP contribution < -0.4 is 5.32 Å². The third-order valence-corrected chi connectivity index (χ3v) is 2.40. The van der Waals surface area contributed by atoms with Gasteiger partial charge in [-0.2, -0.15) is 0 Å². The van der Waals surface area contributed by atoms with Gasteiger partial charge in [0.2, 0.25) is 0 Å². The zero-order chi connectivity index (χ0) is 15.6. The summed E-state index contributed by atoms with van der Waals surface area (Å²) in [7, 11) is 0. The molecule has 0 spiro atoms. The summed E-state index contributed by atoms with van der Waals surface area (Å²) in [4.78, 5) is 31.1. The van der Waals surface area contributed by atoms with Gasteiger partial charge in [-0.05, 0) is 12.1 Å². The standard InChI is InChI=1S/C11H6FN3O6/c12-7-2-1-6(14(17)18)5-8(7)13-11(16)9-3-4-10(21-9)15(19)20/h1-5H,(H,13,16). The highest BCUT2D eigenvalue weighted by molar-refractivity contribution is 6.02. The van der Waals surface area contributed by atoms with E-state index in [-0.39, 0.29) is 0 Å². The van der Waals surface area contributed by atoms with Crippen molar-refractivity contribution in [3.63, 3.8) is 0 Å². The largest absolute Gasteiger partial charge is 0.433 e. The first-order chi connectivity index (χ1) is 9.88. The quantitative estimate of drug-likeness (QED) is 0.681. The van der Waals surface area contributed by atoms with Crippen LogP contribution in [0.25, 0.3) is 0 Å². The molecular formula is C11H6FN3O6. The van der Waals surface area contributed by atoms with E-state index < -0.39 is 44.6 Å². The molecule has 0 aliphatic rings. The number of carbonyl (C=O) groups excluding carboxylic acids is 1. The Morgan fingerprint density at radius 1 is 1.14 bits per heavy atom. The van der Waals surface area contributed by atoms with E-state index >= 15 is 0 Å². The fraction of sp³-hybridized carbons (Fsp3) is 0. The SMILES string of the molecule is O=C(Nc1cc([N+](=O)[O-])ccc1F)c1ccc([N+](=O)[O-])o1. The molecule has 0 bridgehead atoms. The summed E-state index contributed by atoms with van der Waals surface area (Å²) in [5.74, 6) is -2.94. The third-order valence-electron chi connectivity index (χ3n) is 2.40. The Hall–Kier alpha value is -3.30. The summed E-state index contributed by atoms with van der Waals surface area (Å²) in [6, 6.07) is 4.56. The maximum Gasteiger partial charge on any atom is 0.433 e. The first kappa shape index (κ1) is 14.1. The van der Waals surface area contributed by atoms with Crippen LogP contribution in [0, 0.1) is 26.0 Å². The molecule has 9 nitrogen and oxygen atoms in total. The number of nitrogens with zero attached hydrogens (tertiary/aromatic N) is 2. The Bertz CT molecular complexity index is 741. The lowest BCUT2D eigenvalue weighted by atomic mass is 10.2. The number of nitro benzene ring substituents is 1. The maximum atomic E-state index is 13.5. The minimum Gasteiger partial charge on any atom is -0.395 e. The van der Waals surface area contributed by atoms with Gasteiger partial charge in [-0.1, -0.05) is 0 Å². The van der Waals surface area contributed by atoms with Crippen molar-refractivity contribution >= 4 is 23.2 Å². The zero-order valence-corrected chi connectivity index (χ0v) is 10.1. The average molecular weight is 295 g/mol. The van der Waals surface area contributed by atoms with E-state index in [1.165, 1.54) is 0 Å². The Labute approximate surface area is 115 Å². The number of nitrogens with one attached hydrogen (secondary N) is 1. The lowest BCUT2D eigenvalue weighted by Gasteiger charge is -2.04. The molecule has 0 aliphatic heterocycles. The number of carbonyl (C=O) groups is 1. The summed E-state index contributed by atoms with van der Waals surface area (Å²) in [5, 5.41) is 23.0. The lowest BCUT2D eigenvalue weighted by Crippen LogP contribution is -2.12. The highest BCUT2D eigenvalue weighted by atomic mass is 19.1. The molecule has 108 valence electrons. The first-order valence-electron chi connectivity index (χ1n) is 5.38. The summed E-state index contributed by atoms with van der Waals surface area (Å²) in [6.45, 7) is 0. The molecule has 21 heavy (non-hydrogen) atoms. The molecule has 2 aromatic rings. The number of hydrogen-bond donors (Lipinski definition) is 1. The Balaban J connectivity index is 2.24. The van der Waals surface area contributed by atoms with Crippen LogP contribution in [0.2, 0.25) is 0 Å². The molecular weight excluding hydrogens is 289 g/mol. The smallest absolute Gasteiger partial charge is 0.395 e. The molecule has 0 unspecified atom stereocenters. The summed E-state index contributed by atoms with van der Waals surface area (Å²) < 4.78 is 18.1. The fourth-order valence-corrected chi connectivity index (χ4v) is 1.45. The van der Waals surface area contributed by atoms with Crippen molar-refractivity contribution < 1.29 is 23.4 Å². The zero-order valence-electron chi connectivity index (χ0n) is 10.1. The molecule has 1 N–H and O–H groups in total. The fourth-order valence-electron chi connectivity index (χ4n) is 1.45. The predicted molar refractivity (Wildman–Crippen MR) is 66.4 cm³/mol. The van der Waals surface area contributed by atoms with E-state index in [0.29, 0.717) is 0 Å². The predicted octanol–water partition coefficient (Wildman–Crippen LogP) is 2.49. The van der Waals surface area contributed by atoms with E-state index in [4.69, 9.17) is 0 Å². The Kier molecular flexibility index (Phi) is 3.61. The molecule has 0 radical (unpaired) electrons. The second-order valence-corrected chi connectivity index (χ2v) is 3.77. The minimum atomic E-state index is -0.970. The third kappa shape index (κ3) is 3.00. The molecule has 1 heterocycles. The van der Waals surface area contributed by atoms with Crippen LogP contribution in [-0.2, 0) is 0 Å². The summed E-state index contributed by atoms with van der Waals surface area (Å²) >= 11 is 0. The number of benzene rings is 1. The van der Waals surface area contributed by atoms with Crippen molar-refractivity contribution in [2.45, 2.75) is 0 Å². The van der Waals surface area contributed by atoms with Gasteiger partial charge >= 0.3 is 5.88 Å². The average Bonchev–Trinajstić information content (AvgIpc) is 2.90. The number of halogens is 1. The van der Waals surface area contributed by atoms with Crippen molar-refractivity contribution in [2.75, 3.05) is 5.32 Å². The van der Waals surface area contributed by atoms with Crippen molar-refractivity contribution in [2.24, 2.45) is 0 Å². The molecule has 0 atom stereocenters. The van der Waals surface area contributed by atoms with E-state index in [0.717, 1.165) is 30.3 Å². The van der Waals surface area contributed by atoms with Crippen molar-refractivity contribution in [3.05, 3.63) is 62.1 Å². The van der Waals surface area contributed by atoms with E-state index in [9.17, 15) is 29.4 Å². The van der Waals surface area contributed by atoms with Crippen LogP contribution in [0.3, 0.4) is 0 Å². The van der Waals surface area contributed by atoms with Gasteiger partial charge in [0.25, 0.3) is 11.6 Å². The van der Waals surface area contributed by atoms with E-state index in [1.54, 1.807) is 0 Å². The van der Waals surface area contributed by atoms with Crippen LogP contribution in [0.1, 0.15) is 10.6 Å². The number of furan rings is 1. The normalized spacial score (nSPS) is 10.1. The lowest BCUT2D eigenvalue weighted by molar-refractivity contribution is -0.402. The molecule has 0 aliphatic carbocycles. The molecule has 1 aromatic carbocycles. The van der Waals surface area contributed by atoms with Gasteiger partial charge in [-0.3, -0.25) is 25.0 Å². The van der Waals surface area contributed by atoms with Crippen LogP contribution >= 0.6 is 0 Å². The highest BCUT2D eigenvalue weighted by Crippen LogP contribution is 2.23. The summed E-state index contributed by atoms with van der Waals surface area (Å²) in [5.41, 5.74) is -0.856. The first-order valence-corrected chi connectivity index (χ1v) is 5.38.